The predicted molar refractivity (Wildman–Crippen MR) is 159 cm³/mol. The van der Waals surface area contributed by atoms with Crippen LogP contribution in [0.3, 0.4) is 0 Å². The summed E-state index contributed by atoms with van der Waals surface area (Å²) in [6, 6.07) is 20.7. The van der Waals surface area contributed by atoms with E-state index < -0.39 is 5.41 Å². The third-order valence-electron chi connectivity index (χ3n) is 8.49. The summed E-state index contributed by atoms with van der Waals surface area (Å²) < 4.78 is 5.83. The first kappa shape index (κ1) is 27.7. The number of nitrogens with zero attached hydrogens (tertiary/aromatic N) is 4. The Bertz CT molecular complexity index is 1370. The van der Waals surface area contributed by atoms with Gasteiger partial charge in [0.1, 0.15) is 11.8 Å². The molecule has 1 unspecified atom stereocenters. The van der Waals surface area contributed by atoms with E-state index >= 15 is 0 Å². The fourth-order valence-corrected chi connectivity index (χ4v) is 6.12. The monoisotopic (exact) mass is 537 g/mol. The fourth-order valence-electron chi connectivity index (χ4n) is 6.12. The molecule has 2 aliphatic heterocycles. The first-order valence-electron chi connectivity index (χ1n) is 14.4. The van der Waals surface area contributed by atoms with Gasteiger partial charge < -0.3 is 19.9 Å². The molecule has 0 spiro atoms. The Kier molecular flexibility index (Phi) is 8.37. The molecule has 2 aliphatic rings. The van der Waals surface area contributed by atoms with Gasteiger partial charge >= 0.3 is 0 Å². The summed E-state index contributed by atoms with van der Waals surface area (Å²) >= 11 is 0. The maximum absolute atomic E-state index is 14.1. The Morgan fingerprint density at radius 3 is 2.58 bits per heavy atom. The zero-order chi connectivity index (χ0) is 28.1. The van der Waals surface area contributed by atoms with E-state index in [-0.39, 0.29) is 11.9 Å². The summed E-state index contributed by atoms with van der Waals surface area (Å²) in [6.07, 6.45) is 5.04. The molecular formula is C33H39N5O2. The molecule has 5 rings (SSSR count). The standard InChI is InChI=1S/C33H39N5O2/c1-4-24-10-13-30(25(20-24)21-34)38-18-15-33(16-19-38,32(39)36-27-14-17-37(3)23-27)26-11-12-29(35-22-26)28-8-6-7-9-31(28)40-5-2/h6-13,20,22,27H,4-5,14-19,23H2,1-3H3,(H,36,39). The Balaban J connectivity index is 1.44. The van der Waals surface area contributed by atoms with Crippen molar-refractivity contribution in [2.75, 3.05) is 44.7 Å². The summed E-state index contributed by atoms with van der Waals surface area (Å²) in [5, 5.41) is 13.2. The minimum absolute atomic E-state index is 0.0820. The van der Waals surface area contributed by atoms with Crippen LogP contribution in [0.15, 0.2) is 60.8 Å². The van der Waals surface area contributed by atoms with Crippen LogP contribution in [0.5, 0.6) is 5.75 Å². The molecular weight excluding hydrogens is 498 g/mol. The number of nitrogens with one attached hydrogen (secondary N) is 1. The molecule has 40 heavy (non-hydrogen) atoms. The Morgan fingerprint density at radius 1 is 1.12 bits per heavy atom. The second-order valence-electron chi connectivity index (χ2n) is 11.0. The number of likely N-dealkylation sites (N-methyl/N-ethyl adjacent to an activating group) is 1. The Morgan fingerprint density at radius 2 is 1.93 bits per heavy atom. The van der Waals surface area contributed by atoms with Crippen molar-refractivity contribution in [1.82, 2.24) is 15.2 Å². The lowest BCUT2D eigenvalue weighted by Gasteiger charge is -2.42. The molecule has 1 amide bonds. The molecule has 2 saturated heterocycles. The summed E-state index contributed by atoms with van der Waals surface area (Å²) in [5.41, 5.74) is 4.83. The smallest absolute Gasteiger partial charge is 0.231 e. The number of hydrogen-bond acceptors (Lipinski definition) is 6. The van der Waals surface area contributed by atoms with Crippen LogP contribution in [-0.4, -0.2) is 61.7 Å². The number of aryl methyl sites for hydroxylation is 1. The van der Waals surface area contributed by atoms with Gasteiger partial charge in [0, 0.05) is 37.4 Å². The van der Waals surface area contributed by atoms with Gasteiger partial charge in [-0.2, -0.15) is 5.26 Å². The van der Waals surface area contributed by atoms with Crippen molar-refractivity contribution < 1.29 is 9.53 Å². The Hall–Kier alpha value is -3.89. The first-order valence-corrected chi connectivity index (χ1v) is 14.4. The average Bonchev–Trinajstić information content (AvgIpc) is 3.41. The topological polar surface area (TPSA) is 81.5 Å². The number of aromatic nitrogens is 1. The summed E-state index contributed by atoms with van der Waals surface area (Å²) in [7, 11) is 2.10. The lowest BCUT2D eigenvalue weighted by molar-refractivity contribution is -0.128. The van der Waals surface area contributed by atoms with Gasteiger partial charge in [-0.25, -0.2) is 0 Å². The molecule has 1 N–H and O–H groups in total. The third-order valence-corrected chi connectivity index (χ3v) is 8.49. The van der Waals surface area contributed by atoms with Crippen LogP contribution < -0.4 is 15.0 Å². The van der Waals surface area contributed by atoms with E-state index in [1.54, 1.807) is 0 Å². The summed E-state index contributed by atoms with van der Waals surface area (Å²) in [5.74, 6) is 0.886. The number of rotatable bonds is 8. The largest absolute Gasteiger partial charge is 0.493 e. The lowest BCUT2D eigenvalue weighted by Crippen LogP contribution is -2.54. The summed E-state index contributed by atoms with van der Waals surface area (Å²) in [6.45, 7) is 7.89. The molecule has 3 aromatic rings. The molecule has 3 heterocycles. The quantitative estimate of drug-likeness (QED) is 0.438. The van der Waals surface area contributed by atoms with E-state index in [1.807, 2.05) is 49.5 Å². The van der Waals surface area contributed by atoms with Crippen LogP contribution >= 0.6 is 0 Å². The number of ether oxygens (including phenoxy) is 1. The number of likely N-dealkylation sites (tertiary alicyclic amines) is 1. The number of hydrogen-bond donors (Lipinski definition) is 1. The molecule has 0 radical (unpaired) electrons. The van der Waals surface area contributed by atoms with Gasteiger partial charge in [0.05, 0.1) is 29.0 Å². The molecule has 2 aromatic carbocycles. The van der Waals surface area contributed by atoms with Crippen molar-refractivity contribution in [2.45, 2.75) is 51.0 Å². The highest BCUT2D eigenvalue weighted by Gasteiger charge is 2.44. The van der Waals surface area contributed by atoms with E-state index in [1.165, 1.54) is 0 Å². The maximum Gasteiger partial charge on any atom is 0.231 e. The number of piperidine rings is 1. The van der Waals surface area contributed by atoms with Crippen LogP contribution in [0.1, 0.15) is 49.8 Å². The molecule has 1 atom stereocenters. The van der Waals surface area contributed by atoms with E-state index in [9.17, 15) is 10.1 Å². The van der Waals surface area contributed by atoms with Crippen molar-refractivity contribution in [3.05, 3.63) is 77.5 Å². The number of benzene rings is 2. The van der Waals surface area contributed by atoms with Gasteiger partial charge in [-0.1, -0.05) is 31.2 Å². The fraction of sp³-hybridized carbons (Fsp3) is 0.424. The molecule has 1 aromatic heterocycles. The number of anilines is 1. The molecule has 0 bridgehead atoms. The molecule has 2 fully saturated rings. The van der Waals surface area contributed by atoms with Gasteiger partial charge in [0.25, 0.3) is 0 Å². The third kappa shape index (κ3) is 5.55. The van der Waals surface area contributed by atoms with Crippen LogP contribution in [0.25, 0.3) is 11.3 Å². The van der Waals surface area contributed by atoms with Crippen LogP contribution in [-0.2, 0) is 16.6 Å². The zero-order valence-electron chi connectivity index (χ0n) is 23.8. The van der Waals surface area contributed by atoms with Gasteiger partial charge in [0.2, 0.25) is 5.91 Å². The molecule has 7 nitrogen and oxygen atoms in total. The highest BCUT2D eigenvalue weighted by molar-refractivity contribution is 5.89. The van der Waals surface area contributed by atoms with Crippen LogP contribution in [0, 0.1) is 11.3 Å². The van der Waals surface area contributed by atoms with Crippen molar-refractivity contribution >= 4 is 11.6 Å². The number of nitriles is 1. The van der Waals surface area contributed by atoms with Crippen molar-refractivity contribution in [2.24, 2.45) is 0 Å². The van der Waals surface area contributed by atoms with Crippen LogP contribution in [0.2, 0.25) is 0 Å². The maximum atomic E-state index is 14.1. The SMILES string of the molecule is CCOc1ccccc1-c1ccc(C2(C(=O)NC3CCN(C)C3)CCN(c3ccc(CC)cc3C#N)CC2)cn1. The number of carbonyl (C=O) groups excluding carboxylic acids is 1. The van der Waals surface area contributed by atoms with E-state index in [0.29, 0.717) is 38.1 Å². The van der Waals surface area contributed by atoms with Gasteiger partial charge in [0.15, 0.2) is 0 Å². The minimum Gasteiger partial charge on any atom is -0.493 e. The van der Waals surface area contributed by atoms with Crippen molar-refractivity contribution in [1.29, 1.82) is 5.26 Å². The number of pyridine rings is 1. The lowest BCUT2D eigenvalue weighted by atomic mass is 9.72. The van der Waals surface area contributed by atoms with Crippen molar-refractivity contribution in [3.8, 4) is 23.1 Å². The van der Waals surface area contributed by atoms with Crippen LogP contribution in [0.4, 0.5) is 5.69 Å². The second kappa shape index (κ2) is 12.1. The number of carbonyl (C=O) groups is 1. The van der Waals surface area contributed by atoms with E-state index in [0.717, 1.165) is 59.8 Å². The number of para-hydroxylation sites is 1. The summed E-state index contributed by atoms with van der Waals surface area (Å²) in [4.78, 5) is 23.4. The zero-order valence-corrected chi connectivity index (χ0v) is 23.8. The van der Waals surface area contributed by atoms with Gasteiger partial charge in [-0.15, -0.1) is 0 Å². The van der Waals surface area contributed by atoms with E-state index in [2.05, 4.69) is 53.4 Å². The highest BCUT2D eigenvalue weighted by Crippen LogP contribution is 2.39. The van der Waals surface area contributed by atoms with E-state index in [4.69, 9.17) is 9.72 Å². The highest BCUT2D eigenvalue weighted by atomic mass is 16.5. The first-order chi connectivity index (χ1) is 19.5. The van der Waals surface area contributed by atoms with Gasteiger partial charge in [-0.05, 0) is 87.7 Å². The average molecular weight is 538 g/mol. The molecule has 208 valence electrons. The molecule has 0 saturated carbocycles. The van der Waals surface area contributed by atoms with Gasteiger partial charge in [-0.3, -0.25) is 9.78 Å². The normalized spacial score (nSPS) is 18.8. The molecule has 0 aliphatic carbocycles. The molecule has 7 heteroatoms. The predicted octanol–water partition coefficient (Wildman–Crippen LogP) is 4.94. The van der Waals surface area contributed by atoms with Crippen molar-refractivity contribution in [3.63, 3.8) is 0 Å². The number of amides is 1. The second-order valence-corrected chi connectivity index (χ2v) is 11.0. The minimum atomic E-state index is -0.682. The Labute approximate surface area is 237 Å².